The minimum absolute atomic E-state index is 0.0751. The predicted molar refractivity (Wildman–Crippen MR) is 146 cm³/mol. The second-order valence-corrected chi connectivity index (χ2v) is 12.4. The number of hydrogen-bond donors (Lipinski definition) is 0. The van der Waals surface area contributed by atoms with Crippen LogP contribution in [0.3, 0.4) is 0 Å². The number of hydrogen-bond acceptors (Lipinski definition) is 6. The Labute approximate surface area is 226 Å². The molecule has 2 fully saturated rings. The third kappa shape index (κ3) is 7.35. The lowest BCUT2D eigenvalue weighted by Crippen LogP contribution is -2.45. The predicted octanol–water partition coefficient (Wildman–Crippen LogP) is 5.69. The van der Waals surface area contributed by atoms with Crippen molar-refractivity contribution in [3.63, 3.8) is 0 Å². The van der Waals surface area contributed by atoms with E-state index in [4.69, 9.17) is 23.2 Å². The standard InChI is InChI=1S/C25H32Cl2N4O2S2/c1-18(32)30-14-5-19(6-15-30)24(33)31(20-3-4-22(26)23(27)17-20)11-2-10-29-12-7-21(8-13-29)35-25-28-9-16-34-25/h3-4,9,16-17,19,21H,2,5-8,10-15H2,1H3. The highest BCUT2D eigenvalue weighted by atomic mass is 35.5. The first-order valence-electron chi connectivity index (χ1n) is 12.2. The highest BCUT2D eigenvalue weighted by Crippen LogP contribution is 2.32. The molecule has 2 aliphatic heterocycles. The highest BCUT2D eigenvalue weighted by Gasteiger charge is 2.30. The van der Waals surface area contributed by atoms with Crippen LogP contribution in [0.4, 0.5) is 5.69 Å². The number of carbonyl (C=O) groups is 2. The zero-order valence-corrected chi connectivity index (χ0v) is 23.1. The van der Waals surface area contributed by atoms with Crippen LogP contribution in [-0.2, 0) is 9.59 Å². The van der Waals surface area contributed by atoms with Crippen molar-refractivity contribution in [1.82, 2.24) is 14.8 Å². The van der Waals surface area contributed by atoms with Crippen molar-refractivity contribution in [3.8, 4) is 0 Å². The van der Waals surface area contributed by atoms with E-state index in [0.29, 0.717) is 47.8 Å². The number of rotatable bonds is 8. The number of likely N-dealkylation sites (tertiary alicyclic amines) is 2. The summed E-state index contributed by atoms with van der Waals surface area (Å²) in [6.07, 6.45) is 6.47. The minimum Gasteiger partial charge on any atom is -0.343 e. The fourth-order valence-electron chi connectivity index (χ4n) is 4.80. The molecule has 0 N–H and O–H groups in total. The second-order valence-electron chi connectivity index (χ2n) is 9.18. The highest BCUT2D eigenvalue weighted by molar-refractivity contribution is 8.01. The van der Waals surface area contributed by atoms with Gasteiger partial charge in [-0.1, -0.05) is 35.0 Å². The zero-order chi connectivity index (χ0) is 24.8. The van der Waals surface area contributed by atoms with Crippen molar-refractivity contribution in [2.24, 2.45) is 5.92 Å². The number of anilines is 1. The second kappa shape index (κ2) is 12.8. The number of aromatic nitrogens is 1. The summed E-state index contributed by atoms with van der Waals surface area (Å²) in [6, 6.07) is 5.41. The summed E-state index contributed by atoms with van der Waals surface area (Å²) in [4.78, 5) is 35.9. The maximum absolute atomic E-state index is 13.6. The number of nitrogens with zero attached hydrogens (tertiary/aromatic N) is 4. The van der Waals surface area contributed by atoms with E-state index in [1.54, 1.807) is 30.4 Å². The van der Waals surface area contributed by atoms with Crippen LogP contribution in [0.1, 0.15) is 39.0 Å². The monoisotopic (exact) mass is 554 g/mol. The van der Waals surface area contributed by atoms with Crippen LogP contribution >= 0.6 is 46.3 Å². The van der Waals surface area contributed by atoms with Crippen LogP contribution in [0.15, 0.2) is 34.1 Å². The van der Waals surface area contributed by atoms with E-state index >= 15 is 0 Å². The minimum atomic E-state index is -0.0846. The third-order valence-corrected chi connectivity index (χ3v) is 9.83. The molecule has 6 nitrogen and oxygen atoms in total. The molecule has 0 unspecified atom stereocenters. The average molecular weight is 556 g/mol. The number of thiazole rings is 1. The largest absolute Gasteiger partial charge is 0.343 e. The van der Waals surface area contributed by atoms with Crippen LogP contribution in [0.5, 0.6) is 0 Å². The lowest BCUT2D eigenvalue weighted by Gasteiger charge is -2.35. The van der Waals surface area contributed by atoms with Crippen molar-refractivity contribution < 1.29 is 9.59 Å². The van der Waals surface area contributed by atoms with E-state index in [1.807, 2.05) is 39.2 Å². The summed E-state index contributed by atoms with van der Waals surface area (Å²) < 4.78 is 1.16. The van der Waals surface area contributed by atoms with Gasteiger partial charge < -0.3 is 14.7 Å². The Kier molecular flexibility index (Phi) is 9.75. The first-order valence-corrected chi connectivity index (χ1v) is 14.7. The van der Waals surface area contributed by atoms with Gasteiger partial charge in [0.05, 0.1) is 10.0 Å². The van der Waals surface area contributed by atoms with E-state index in [1.165, 1.54) is 0 Å². The van der Waals surface area contributed by atoms with Crippen LogP contribution < -0.4 is 4.90 Å². The van der Waals surface area contributed by atoms with Gasteiger partial charge in [0.25, 0.3) is 0 Å². The quantitative estimate of drug-likeness (QED) is 0.419. The molecule has 4 rings (SSSR count). The van der Waals surface area contributed by atoms with Gasteiger partial charge >= 0.3 is 0 Å². The number of amides is 2. The number of piperidine rings is 2. The number of halogens is 2. The summed E-state index contributed by atoms with van der Waals surface area (Å²) >= 11 is 16.0. The Morgan fingerprint density at radius 2 is 1.86 bits per heavy atom. The fraction of sp³-hybridized carbons (Fsp3) is 0.560. The molecule has 3 heterocycles. The maximum atomic E-state index is 13.6. The van der Waals surface area contributed by atoms with Crippen LogP contribution in [0.2, 0.25) is 10.0 Å². The third-order valence-electron chi connectivity index (χ3n) is 6.84. The van der Waals surface area contributed by atoms with E-state index in [0.717, 1.165) is 48.9 Å². The first-order chi connectivity index (χ1) is 16.9. The zero-order valence-electron chi connectivity index (χ0n) is 20.0. The summed E-state index contributed by atoms with van der Waals surface area (Å²) in [5.74, 6) is 0.106. The SMILES string of the molecule is CC(=O)N1CCC(C(=O)N(CCCN2CCC(Sc3nccs3)CC2)c2ccc(Cl)c(Cl)c2)CC1. The Morgan fingerprint density at radius 3 is 2.49 bits per heavy atom. The molecule has 0 aliphatic carbocycles. The van der Waals surface area contributed by atoms with Crippen LogP contribution in [0.25, 0.3) is 0 Å². The van der Waals surface area contributed by atoms with Crippen molar-refractivity contribution in [3.05, 3.63) is 39.8 Å². The van der Waals surface area contributed by atoms with Gasteiger partial charge in [-0.25, -0.2) is 4.98 Å². The lowest BCUT2D eigenvalue weighted by molar-refractivity contribution is -0.133. The van der Waals surface area contributed by atoms with Crippen molar-refractivity contribution >= 4 is 63.8 Å². The molecule has 0 spiro atoms. The van der Waals surface area contributed by atoms with Gasteiger partial charge in [0, 0.05) is 55.0 Å². The van der Waals surface area contributed by atoms with Gasteiger partial charge in [-0.2, -0.15) is 0 Å². The van der Waals surface area contributed by atoms with Gasteiger partial charge in [-0.15, -0.1) is 11.3 Å². The van der Waals surface area contributed by atoms with Gasteiger partial charge in [0.1, 0.15) is 4.34 Å². The van der Waals surface area contributed by atoms with E-state index in [9.17, 15) is 9.59 Å². The maximum Gasteiger partial charge on any atom is 0.230 e. The summed E-state index contributed by atoms with van der Waals surface area (Å²) in [7, 11) is 0. The number of thioether (sulfide) groups is 1. The van der Waals surface area contributed by atoms with Gasteiger partial charge in [0.15, 0.2) is 0 Å². The number of benzene rings is 1. The van der Waals surface area contributed by atoms with Crippen LogP contribution in [-0.4, -0.2) is 71.1 Å². The summed E-state index contributed by atoms with van der Waals surface area (Å²) in [5.41, 5.74) is 0.789. The van der Waals surface area contributed by atoms with Crippen LogP contribution in [0, 0.1) is 5.92 Å². The topological polar surface area (TPSA) is 56.8 Å². The van der Waals surface area contributed by atoms with E-state index in [2.05, 4.69) is 9.88 Å². The molecule has 2 aromatic rings. The van der Waals surface area contributed by atoms with Crippen molar-refractivity contribution in [2.75, 3.05) is 44.2 Å². The van der Waals surface area contributed by atoms with E-state index < -0.39 is 0 Å². The molecule has 2 amide bonds. The Balaban J connectivity index is 1.32. The smallest absolute Gasteiger partial charge is 0.230 e. The molecule has 2 saturated heterocycles. The molecule has 0 saturated carbocycles. The molecular weight excluding hydrogens is 523 g/mol. The van der Waals surface area contributed by atoms with Crippen molar-refractivity contribution in [1.29, 1.82) is 0 Å². The summed E-state index contributed by atoms with van der Waals surface area (Å²) in [6.45, 7) is 6.61. The number of carbonyl (C=O) groups excluding carboxylic acids is 2. The molecule has 2 aliphatic rings. The van der Waals surface area contributed by atoms with Gasteiger partial charge in [-0.3, -0.25) is 9.59 Å². The Morgan fingerprint density at radius 1 is 1.11 bits per heavy atom. The molecule has 1 aromatic carbocycles. The molecular formula is C25H32Cl2N4O2S2. The van der Waals surface area contributed by atoms with Gasteiger partial charge in [0.2, 0.25) is 11.8 Å². The average Bonchev–Trinajstić information content (AvgIpc) is 3.37. The molecule has 190 valence electrons. The molecule has 1 aromatic heterocycles. The van der Waals surface area contributed by atoms with Gasteiger partial charge in [-0.05, 0) is 69.9 Å². The fourth-order valence-corrected chi connectivity index (χ4v) is 7.10. The molecule has 0 bridgehead atoms. The lowest BCUT2D eigenvalue weighted by atomic mass is 9.94. The Bertz CT molecular complexity index is 991. The first kappa shape index (κ1) is 26.7. The van der Waals surface area contributed by atoms with E-state index in [-0.39, 0.29) is 17.7 Å². The van der Waals surface area contributed by atoms with Crippen molar-refractivity contribution in [2.45, 2.75) is 48.6 Å². The normalized spacial score (nSPS) is 18.1. The molecule has 0 atom stereocenters. The molecule has 10 heteroatoms. The molecule has 35 heavy (non-hydrogen) atoms. The summed E-state index contributed by atoms with van der Waals surface area (Å²) in [5, 5.41) is 3.60. The molecule has 0 radical (unpaired) electrons. The Hall–Kier alpha value is -1.32.